The molecule has 3 heteroatoms. The number of hydrogen-bond acceptors (Lipinski definition) is 3. The molecule has 0 heterocycles. The molecule has 0 rings (SSSR count). The molecule has 0 aromatic heterocycles. The minimum absolute atomic E-state index is 0.384. The maximum absolute atomic E-state index is 9.05. The molecule has 0 saturated carbocycles. The highest BCUT2D eigenvalue weighted by Gasteiger charge is 2.08. The SMILES string of the molecule is CCCCCC(CCCC)OCCOCC(C)O. The molecule has 0 bridgehead atoms. The number of hydrogen-bond donors (Lipinski definition) is 1. The summed E-state index contributed by atoms with van der Waals surface area (Å²) in [6, 6.07) is 0. The molecule has 18 heavy (non-hydrogen) atoms. The first-order valence-corrected chi connectivity index (χ1v) is 7.58. The van der Waals surface area contributed by atoms with Crippen molar-refractivity contribution in [3.05, 3.63) is 0 Å². The lowest BCUT2D eigenvalue weighted by atomic mass is 10.1. The van der Waals surface area contributed by atoms with E-state index in [1.807, 2.05) is 0 Å². The van der Waals surface area contributed by atoms with Crippen LogP contribution in [0.5, 0.6) is 0 Å². The van der Waals surface area contributed by atoms with Gasteiger partial charge in [-0.05, 0) is 19.8 Å². The molecule has 1 N–H and O–H groups in total. The smallest absolute Gasteiger partial charge is 0.0745 e. The molecular weight excluding hydrogens is 228 g/mol. The predicted octanol–water partition coefficient (Wildman–Crippen LogP) is 3.54. The van der Waals surface area contributed by atoms with Crippen LogP contribution in [0.15, 0.2) is 0 Å². The van der Waals surface area contributed by atoms with E-state index in [4.69, 9.17) is 14.6 Å². The van der Waals surface area contributed by atoms with Gasteiger partial charge in [0.05, 0.1) is 32.0 Å². The summed E-state index contributed by atoms with van der Waals surface area (Å²) in [5.74, 6) is 0. The second kappa shape index (κ2) is 13.3. The monoisotopic (exact) mass is 260 g/mol. The first-order chi connectivity index (χ1) is 8.70. The average Bonchev–Trinajstić information content (AvgIpc) is 2.34. The molecule has 0 amide bonds. The molecular formula is C15H32O3. The van der Waals surface area contributed by atoms with Crippen molar-refractivity contribution in [2.75, 3.05) is 19.8 Å². The van der Waals surface area contributed by atoms with Crippen LogP contribution in [0.4, 0.5) is 0 Å². The summed E-state index contributed by atoms with van der Waals surface area (Å²) in [7, 11) is 0. The number of aliphatic hydroxyl groups is 1. The zero-order chi connectivity index (χ0) is 13.6. The van der Waals surface area contributed by atoms with E-state index in [-0.39, 0.29) is 6.10 Å². The zero-order valence-corrected chi connectivity index (χ0v) is 12.5. The van der Waals surface area contributed by atoms with Gasteiger partial charge in [-0.25, -0.2) is 0 Å². The van der Waals surface area contributed by atoms with Crippen LogP contribution in [0.2, 0.25) is 0 Å². The van der Waals surface area contributed by atoms with Crippen molar-refractivity contribution in [2.45, 2.75) is 77.9 Å². The van der Waals surface area contributed by atoms with E-state index >= 15 is 0 Å². The van der Waals surface area contributed by atoms with Gasteiger partial charge in [-0.2, -0.15) is 0 Å². The second-order valence-electron chi connectivity index (χ2n) is 5.05. The lowest BCUT2D eigenvalue weighted by molar-refractivity contribution is -0.0213. The van der Waals surface area contributed by atoms with E-state index in [1.165, 1.54) is 38.5 Å². The molecule has 0 aromatic rings. The highest BCUT2D eigenvalue weighted by atomic mass is 16.5. The Hall–Kier alpha value is -0.120. The van der Waals surface area contributed by atoms with Crippen LogP contribution in [0, 0.1) is 0 Å². The summed E-state index contributed by atoms with van der Waals surface area (Å²) in [5, 5.41) is 9.05. The lowest BCUT2D eigenvalue weighted by Crippen LogP contribution is -2.18. The minimum Gasteiger partial charge on any atom is -0.391 e. The fourth-order valence-corrected chi connectivity index (χ4v) is 1.89. The second-order valence-corrected chi connectivity index (χ2v) is 5.05. The summed E-state index contributed by atoms with van der Waals surface area (Å²) < 4.78 is 11.2. The van der Waals surface area contributed by atoms with Gasteiger partial charge >= 0.3 is 0 Å². The number of ether oxygens (including phenoxy) is 2. The standard InChI is InChI=1S/C15H32O3/c1-4-6-8-10-15(9-7-5-2)18-12-11-17-13-14(3)16/h14-16H,4-13H2,1-3H3. The molecule has 110 valence electrons. The first-order valence-electron chi connectivity index (χ1n) is 7.58. The van der Waals surface area contributed by atoms with Crippen molar-refractivity contribution in [3.8, 4) is 0 Å². The Morgan fingerprint density at radius 1 is 0.944 bits per heavy atom. The fraction of sp³-hybridized carbons (Fsp3) is 1.00. The summed E-state index contributed by atoms with van der Waals surface area (Å²) in [6.07, 6.45) is 8.64. The highest BCUT2D eigenvalue weighted by Crippen LogP contribution is 2.13. The Bertz CT molecular complexity index is 160. The fourth-order valence-electron chi connectivity index (χ4n) is 1.89. The molecule has 0 aliphatic heterocycles. The van der Waals surface area contributed by atoms with Crippen LogP contribution >= 0.6 is 0 Å². The Kier molecular flexibility index (Phi) is 13.2. The van der Waals surface area contributed by atoms with Crippen LogP contribution in [-0.2, 0) is 9.47 Å². The number of aliphatic hydroxyl groups excluding tert-OH is 1. The van der Waals surface area contributed by atoms with Gasteiger partial charge < -0.3 is 14.6 Å². The van der Waals surface area contributed by atoms with Gasteiger partial charge in [0.25, 0.3) is 0 Å². The van der Waals surface area contributed by atoms with Crippen molar-refractivity contribution in [1.82, 2.24) is 0 Å². The van der Waals surface area contributed by atoms with Crippen LogP contribution in [0.25, 0.3) is 0 Å². The number of unbranched alkanes of at least 4 members (excludes halogenated alkanes) is 3. The van der Waals surface area contributed by atoms with Gasteiger partial charge in [0, 0.05) is 0 Å². The van der Waals surface area contributed by atoms with Crippen LogP contribution < -0.4 is 0 Å². The van der Waals surface area contributed by atoms with E-state index in [0.29, 0.717) is 25.9 Å². The van der Waals surface area contributed by atoms with Crippen molar-refractivity contribution >= 4 is 0 Å². The van der Waals surface area contributed by atoms with Gasteiger partial charge in [-0.3, -0.25) is 0 Å². The summed E-state index contributed by atoms with van der Waals surface area (Å²) in [6.45, 7) is 7.81. The van der Waals surface area contributed by atoms with Gasteiger partial charge in [0.1, 0.15) is 0 Å². The molecule has 3 nitrogen and oxygen atoms in total. The zero-order valence-electron chi connectivity index (χ0n) is 12.5. The molecule has 0 fully saturated rings. The van der Waals surface area contributed by atoms with Gasteiger partial charge in [0.2, 0.25) is 0 Å². The molecule has 0 saturated heterocycles. The van der Waals surface area contributed by atoms with Gasteiger partial charge in [0.15, 0.2) is 0 Å². The Balaban J connectivity index is 3.58. The van der Waals surface area contributed by atoms with Crippen LogP contribution in [0.1, 0.15) is 65.7 Å². The van der Waals surface area contributed by atoms with E-state index in [1.54, 1.807) is 6.92 Å². The maximum Gasteiger partial charge on any atom is 0.0745 e. The summed E-state index contributed by atoms with van der Waals surface area (Å²) in [4.78, 5) is 0. The summed E-state index contributed by atoms with van der Waals surface area (Å²) >= 11 is 0. The Morgan fingerprint density at radius 3 is 2.22 bits per heavy atom. The van der Waals surface area contributed by atoms with Crippen molar-refractivity contribution < 1.29 is 14.6 Å². The molecule has 0 radical (unpaired) electrons. The van der Waals surface area contributed by atoms with Crippen molar-refractivity contribution in [3.63, 3.8) is 0 Å². The van der Waals surface area contributed by atoms with Crippen molar-refractivity contribution in [1.29, 1.82) is 0 Å². The predicted molar refractivity (Wildman–Crippen MR) is 75.9 cm³/mol. The molecule has 0 spiro atoms. The third kappa shape index (κ3) is 12.3. The van der Waals surface area contributed by atoms with Gasteiger partial charge in [-0.1, -0.05) is 46.0 Å². The molecule has 0 aliphatic carbocycles. The highest BCUT2D eigenvalue weighted by molar-refractivity contribution is 4.59. The molecule has 2 unspecified atom stereocenters. The first kappa shape index (κ1) is 17.9. The van der Waals surface area contributed by atoms with E-state index < -0.39 is 0 Å². The normalized spacial score (nSPS) is 14.7. The topological polar surface area (TPSA) is 38.7 Å². The van der Waals surface area contributed by atoms with Gasteiger partial charge in [-0.15, -0.1) is 0 Å². The quantitative estimate of drug-likeness (QED) is 0.515. The lowest BCUT2D eigenvalue weighted by Gasteiger charge is -2.18. The largest absolute Gasteiger partial charge is 0.391 e. The number of rotatable bonds is 13. The Labute approximate surface area is 113 Å². The van der Waals surface area contributed by atoms with E-state index in [9.17, 15) is 0 Å². The average molecular weight is 260 g/mol. The van der Waals surface area contributed by atoms with Crippen LogP contribution in [-0.4, -0.2) is 37.1 Å². The molecule has 0 aliphatic rings. The third-order valence-electron chi connectivity index (χ3n) is 2.95. The molecule has 2 atom stereocenters. The van der Waals surface area contributed by atoms with Crippen LogP contribution in [0.3, 0.4) is 0 Å². The third-order valence-corrected chi connectivity index (χ3v) is 2.95. The van der Waals surface area contributed by atoms with Crippen molar-refractivity contribution in [2.24, 2.45) is 0 Å². The van der Waals surface area contributed by atoms with E-state index in [2.05, 4.69) is 13.8 Å². The van der Waals surface area contributed by atoms with E-state index in [0.717, 1.165) is 6.42 Å². The maximum atomic E-state index is 9.05. The molecule has 0 aromatic carbocycles. The Morgan fingerprint density at radius 2 is 1.61 bits per heavy atom. The summed E-state index contributed by atoms with van der Waals surface area (Å²) in [5.41, 5.74) is 0. The minimum atomic E-state index is -0.384.